The van der Waals surface area contributed by atoms with Gasteiger partial charge in [0, 0.05) is 38.4 Å². The zero-order valence-electron chi connectivity index (χ0n) is 15.9. The normalized spacial score (nSPS) is 22.8. The van der Waals surface area contributed by atoms with Crippen molar-refractivity contribution in [1.29, 1.82) is 0 Å². The summed E-state index contributed by atoms with van der Waals surface area (Å²) >= 11 is 0. The van der Waals surface area contributed by atoms with Crippen molar-refractivity contribution in [1.82, 2.24) is 9.88 Å². The van der Waals surface area contributed by atoms with Crippen LogP contribution in [0.4, 0.5) is 0 Å². The fourth-order valence-electron chi connectivity index (χ4n) is 3.46. The van der Waals surface area contributed by atoms with Gasteiger partial charge in [-0.15, -0.1) is 6.42 Å². The number of likely N-dealkylation sites (tertiary alicyclic amines) is 1. The molecule has 0 spiro atoms. The number of nitrogens with zero attached hydrogens (tertiary/aromatic N) is 2. The van der Waals surface area contributed by atoms with Gasteiger partial charge in [-0.05, 0) is 38.3 Å². The lowest BCUT2D eigenvalue weighted by Crippen LogP contribution is -2.43. The Kier molecular flexibility index (Phi) is 4.32. The second-order valence-corrected chi connectivity index (χ2v) is 6.92. The van der Waals surface area contributed by atoms with Crippen LogP contribution in [-0.4, -0.2) is 46.6 Å². The summed E-state index contributed by atoms with van der Waals surface area (Å²) < 4.78 is 13.5. The van der Waals surface area contributed by atoms with E-state index < -0.39 is 6.08 Å². The number of carbonyl (C=O) groups is 1. The largest absolute Gasteiger partial charge is 0.387 e. The molecule has 1 aromatic heterocycles. The molecule has 25 heavy (non-hydrogen) atoms. The molecule has 1 fully saturated rings. The number of hydrogen-bond acceptors (Lipinski definition) is 5. The Labute approximate surface area is 150 Å². The first-order valence-electron chi connectivity index (χ1n) is 8.95. The Morgan fingerprint density at radius 3 is 2.76 bits per heavy atom. The lowest BCUT2D eigenvalue weighted by molar-refractivity contribution is -0.114. The third-order valence-corrected chi connectivity index (χ3v) is 5.25. The summed E-state index contributed by atoms with van der Waals surface area (Å²) in [6.07, 6.45) is 7.26. The van der Waals surface area contributed by atoms with Gasteiger partial charge in [-0.3, -0.25) is 9.78 Å². The summed E-state index contributed by atoms with van der Waals surface area (Å²) in [5.74, 6) is 2.47. The Morgan fingerprint density at radius 2 is 2.20 bits per heavy atom. The molecule has 5 nitrogen and oxygen atoms in total. The minimum Gasteiger partial charge on any atom is -0.387 e. The molecule has 0 aromatic carbocycles. The number of ether oxygens (including phenoxy) is 1. The monoisotopic (exact) mass is 341 g/mol. The molecule has 0 radical (unpaired) electrons. The number of rotatable bonds is 3. The van der Waals surface area contributed by atoms with Gasteiger partial charge in [0.2, 0.25) is 0 Å². The summed E-state index contributed by atoms with van der Waals surface area (Å²) in [5, 5.41) is 10.0. The molecule has 5 heteroatoms. The van der Waals surface area contributed by atoms with Crippen LogP contribution in [0.15, 0.2) is 17.8 Å². The topological polar surface area (TPSA) is 62.7 Å². The Hall–Kier alpha value is -2.16. The smallest absolute Gasteiger partial charge is 0.177 e. The maximum Gasteiger partial charge on any atom is 0.177 e. The minimum atomic E-state index is -1.81. The highest BCUT2D eigenvalue weighted by atomic mass is 16.5. The third-order valence-electron chi connectivity index (χ3n) is 5.25. The van der Waals surface area contributed by atoms with Crippen molar-refractivity contribution < 1.29 is 16.0 Å². The van der Waals surface area contributed by atoms with E-state index in [4.69, 9.17) is 12.5 Å². The van der Waals surface area contributed by atoms with Gasteiger partial charge in [0.05, 0.1) is 30.0 Å². The van der Waals surface area contributed by atoms with Crippen LogP contribution in [0.1, 0.15) is 51.0 Å². The average Bonchev–Trinajstić information content (AvgIpc) is 2.60. The third kappa shape index (κ3) is 3.20. The number of carbonyl (C=O) groups excluding carboxylic acids is 1. The highest BCUT2D eigenvalue weighted by Gasteiger charge is 2.35. The van der Waals surface area contributed by atoms with Gasteiger partial charge in [0.15, 0.2) is 5.78 Å². The van der Waals surface area contributed by atoms with Gasteiger partial charge in [0.1, 0.15) is 0 Å². The van der Waals surface area contributed by atoms with Gasteiger partial charge in [-0.25, -0.2) is 0 Å². The molecule has 1 N–H and O–H groups in total. The summed E-state index contributed by atoms with van der Waals surface area (Å²) in [6.45, 7) is 4.88. The Bertz CT molecular complexity index is 809. The van der Waals surface area contributed by atoms with E-state index in [0.29, 0.717) is 24.4 Å². The fraction of sp³-hybridized carbons (Fsp3) is 0.500. The van der Waals surface area contributed by atoms with Crippen molar-refractivity contribution in [3.63, 3.8) is 0 Å². The van der Waals surface area contributed by atoms with E-state index in [-0.39, 0.29) is 23.5 Å². The molecule has 2 heterocycles. The lowest BCUT2D eigenvalue weighted by atomic mass is 9.86. The van der Waals surface area contributed by atoms with Crippen LogP contribution in [0.5, 0.6) is 0 Å². The van der Waals surface area contributed by atoms with Crippen LogP contribution >= 0.6 is 0 Å². The molecule has 0 bridgehead atoms. The fourth-order valence-corrected chi connectivity index (χ4v) is 3.46. The summed E-state index contributed by atoms with van der Waals surface area (Å²) in [6, 6.07) is 1.69. The van der Waals surface area contributed by atoms with Gasteiger partial charge in [-0.1, -0.05) is 5.92 Å². The molecule has 1 aliphatic carbocycles. The van der Waals surface area contributed by atoms with Crippen molar-refractivity contribution in [3.05, 3.63) is 34.7 Å². The van der Waals surface area contributed by atoms with Gasteiger partial charge in [0.25, 0.3) is 0 Å². The van der Waals surface area contributed by atoms with Crippen LogP contribution in [-0.2, 0) is 16.0 Å². The molecule has 132 valence electrons. The quantitative estimate of drug-likeness (QED) is 0.853. The molecular weight excluding hydrogens is 316 g/mol. The maximum absolute atomic E-state index is 12.5. The molecule has 0 saturated carbocycles. The van der Waals surface area contributed by atoms with Crippen LogP contribution in [0.2, 0.25) is 0 Å². The molecule has 1 aliphatic heterocycles. The number of Topliss-reactive ketones (excluding diaryl/α,β-unsaturated/α-hetero) is 1. The predicted octanol–water partition coefficient (Wildman–Crippen LogP) is 2.11. The van der Waals surface area contributed by atoms with E-state index in [1.54, 1.807) is 19.4 Å². The lowest BCUT2D eigenvalue weighted by Gasteiger charge is -2.41. The van der Waals surface area contributed by atoms with Crippen molar-refractivity contribution in [2.75, 3.05) is 20.2 Å². The zero-order valence-corrected chi connectivity index (χ0v) is 14.9. The van der Waals surface area contributed by atoms with Crippen molar-refractivity contribution in [2.24, 2.45) is 0 Å². The standard InChI is InChI=1S/C20H24N2O3/c1-5-15-18(24)10-14-12-21-17(13(2)23)11-16(14)19(15)22-8-6-20(3,25-4)7-9-22/h1,11-13,23H,6-10H2,2-4H3/i13D. The maximum atomic E-state index is 12.5. The molecule has 1 aromatic rings. The number of hydrogen-bond donors (Lipinski definition) is 1. The molecule has 3 rings (SSSR count). The molecule has 1 unspecified atom stereocenters. The summed E-state index contributed by atoms with van der Waals surface area (Å²) in [7, 11) is 1.72. The number of pyridine rings is 1. The Balaban J connectivity index is 2.07. The number of piperidine rings is 1. The van der Waals surface area contributed by atoms with Crippen LogP contribution in [0.25, 0.3) is 5.70 Å². The van der Waals surface area contributed by atoms with E-state index in [2.05, 4.69) is 22.7 Å². The summed E-state index contributed by atoms with van der Waals surface area (Å²) in [4.78, 5) is 18.8. The Morgan fingerprint density at radius 1 is 1.52 bits per heavy atom. The van der Waals surface area contributed by atoms with E-state index in [1.807, 2.05) is 0 Å². The number of aliphatic hydroxyl groups is 1. The summed E-state index contributed by atoms with van der Waals surface area (Å²) in [5.41, 5.74) is 2.69. The van der Waals surface area contributed by atoms with Crippen molar-refractivity contribution in [3.8, 4) is 12.3 Å². The molecule has 1 atom stereocenters. The van der Waals surface area contributed by atoms with E-state index in [9.17, 15) is 9.90 Å². The van der Waals surface area contributed by atoms with Gasteiger partial charge in [-0.2, -0.15) is 0 Å². The minimum absolute atomic E-state index is 0.0951. The molecular formula is C20H24N2O3. The number of allylic oxidation sites excluding steroid dienone is 1. The van der Waals surface area contributed by atoms with E-state index in [0.717, 1.165) is 24.0 Å². The first-order valence-corrected chi connectivity index (χ1v) is 8.45. The van der Waals surface area contributed by atoms with Gasteiger partial charge >= 0.3 is 0 Å². The van der Waals surface area contributed by atoms with E-state index >= 15 is 0 Å². The number of methoxy groups -OCH3 is 1. The number of ketones is 1. The highest BCUT2D eigenvalue weighted by molar-refractivity contribution is 6.10. The first kappa shape index (κ1) is 16.3. The molecule has 1 saturated heterocycles. The van der Waals surface area contributed by atoms with Crippen molar-refractivity contribution in [2.45, 2.75) is 44.8 Å². The van der Waals surface area contributed by atoms with E-state index in [1.165, 1.54) is 6.92 Å². The van der Waals surface area contributed by atoms with Crippen LogP contribution in [0.3, 0.4) is 0 Å². The second kappa shape index (κ2) is 6.62. The second-order valence-electron chi connectivity index (χ2n) is 6.92. The number of aromatic nitrogens is 1. The highest BCUT2D eigenvalue weighted by Crippen LogP contribution is 2.36. The molecule has 0 amide bonds. The van der Waals surface area contributed by atoms with Crippen LogP contribution in [0, 0.1) is 12.3 Å². The van der Waals surface area contributed by atoms with Crippen LogP contribution < -0.4 is 0 Å². The molecule has 2 aliphatic rings. The SMILES string of the molecule is [2H]C(C)(O)c1cc2c(cn1)CC(=O)C(C#C)=C2N1CCC(C)(OC)CC1. The zero-order chi connectivity index (χ0) is 19.1. The first-order chi connectivity index (χ1) is 12.2. The van der Waals surface area contributed by atoms with Gasteiger partial charge < -0.3 is 14.7 Å². The number of terminal acetylenes is 1. The predicted molar refractivity (Wildman–Crippen MR) is 95.6 cm³/mol. The number of fused-ring (bicyclic) bond motifs is 1. The van der Waals surface area contributed by atoms with Crippen molar-refractivity contribution >= 4 is 11.5 Å². The average molecular weight is 341 g/mol.